The van der Waals surface area contributed by atoms with Crippen LogP contribution in [0.4, 0.5) is 5.13 Å². The summed E-state index contributed by atoms with van der Waals surface area (Å²) in [5.41, 5.74) is 1.00. The van der Waals surface area contributed by atoms with Crippen LogP contribution in [0.1, 0.15) is 5.82 Å². The highest BCUT2D eigenvalue weighted by Crippen LogP contribution is 2.25. The summed E-state index contributed by atoms with van der Waals surface area (Å²) < 4.78 is 1.16. The van der Waals surface area contributed by atoms with Crippen LogP contribution in [-0.4, -0.2) is 25.6 Å². The molecule has 0 aliphatic rings. The van der Waals surface area contributed by atoms with E-state index in [4.69, 9.17) is 0 Å². The summed E-state index contributed by atoms with van der Waals surface area (Å²) in [6.07, 6.45) is 0. The van der Waals surface area contributed by atoms with E-state index in [1.54, 1.807) is 11.3 Å². The zero-order valence-corrected chi connectivity index (χ0v) is 9.03. The van der Waals surface area contributed by atoms with Gasteiger partial charge in [0, 0.05) is 0 Å². The number of anilines is 1. The van der Waals surface area contributed by atoms with E-state index in [1.807, 2.05) is 24.3 Å². The summed E-state index contributed by atoms with van der Waals surface area (Å²) in [6, 6.07) is 8.02. The van der Waals surface area contributed by atoms with E-state index in [9.17, 15) is 0 Å². The predicted molar refractivity (Wildman–Crippen MR) is 61.1 cm³/mol. The number of fused-ring (bicyclic) bond motifs is 1. The Labute approximate surface area is 94.7 Å². The molecule has 2 heterocycles. The Morgan fingerprint density at radius 1 is 1.31 bits per heavy atom. The molecule has 0 fully saturated rings. The van der Waals surface area contributed by atoms with E-state index in [2.05, 4.69) is 30.9 Å². The molecule has 0 saturated heterocycles. The van der Waals surface area contributed by atoms with Gasteiger partial charge in [0.25, 0.3) is 0 Å². The van der Waals surface area contributed by atoms with Gasteiger partial charge >= 0.3 is 0 Å². The highest BCUT2D eigenvalue weighted by molar-refractivity contribution is 7.22. The maximum absolute atomic E-state index is 4.43. The molecule has 0 saturated carbocycles. The lowest BCUT2D eigenvalue weighted by atomic mass is 10.3. The van der Waals surface area contributed by atoms with Gasteiger partial charge < -0.3 is 5.32 Å². The molecule has 3 rings (SSSR count). The number of nitrogens with zero attached hydrogens (tertiary/aromatic N) is 4. The third-order valence-electron chi connectivity index (χ3n) is 2.08. The van der Waals surface area contributed by atoms with Crippen molar-refractivity contribution in [3.05, 3.63) is 30.1 Å². The van der Waals surface area contributed by atoms with Crippen LogP contribution in [0.25, 0.3) is 10.2 Å². The number of hydrogen-bond acceptors (Lipinski definition) is 6. The van der Waals surface area contributed by atoms with Crippen LogP contribution in [-0.2, 0) is 6.54 Å². The van der Waals surface area contributed by atoms with Gasteiger partial charge in [0.1, 0.15) is 0 Å². The van der Waals surface area contributed by atoms with Gasteiger partial charge in [0.05, 0.1) is 16.8 Å². The Bertz CT molecular complexity index is 554. The van der Waals surface area contributed by atoms with Crippen LogP contribution < -0.4 is 5.32 Å². The Morgan fingerprint density at radius 2 is 2.25 bits per heavy atom. The monoisotopic (exact) mass is 232 g/mol. The van der Waals surface area contributed by atoms with Crippen LogP contribution in [0.2, 0.25) is 0 Å². The highest BCUT2D eigenvalue weighted by atomic mass is 32.1. The minimum atomic E-state index is 0.524. The topological polar surface area (TPSA) is 79.4 Å². The summed E-state index contributed by atoms with van der Waals surface area (Å²) in [6.45, 7) is 0.524. The Hall–Kier alpha value is -2.02. The molecule has 0 aliphatic carbocycles. The SMILES string of the molecule is c1ccc2sc(NCc3nn[nH]n3)nc2c1. The average Bonchev–Trinajstić information content (AvgIpc) is 2.95. The van der Waals surface area contributed by atoms with Crippen molar-refractivity contribution >= 4 is 26.7 Å². The number of aromatic nitrogens is 5. The number of thiazole rings is 1. The van der Waals surface area contributed by atoms with E-state index < -0.39 is 0 Å². The van der Waals surface area contributed by atoms with Crippen LogP contribution >= 0.6 is 11.3 Å². The molecule has 80 valence electrons. The number of para-hydroxylation sites is 1. The molecular weight excluding hydrogens is 224 g/mol. The van der Waals surface area contributed by atoms with E-state index in [0.29, 0.717) is 12.4 Å². The first-order valence-electron chi connectivity index (χ1n) is 4.73. The Balaban J connectivity index is 1.79. The van der Waals surface area contributed by atoms with Crippen molar-refractivity contribution in [1.82, 2.24) is 25.6 Å². The molecular formula is C9H8N6S. The number of benzene rings is 1. The molecule has 0 spiro atoms. The summed E-state index contributed by atoms with van der Waals surface area (Å²) in [7, 11) is 0. The second-order valence-corrected chi connectivity index (χ2v) is 4.20. The van der Waals surface area contributed by atoms with Gasteiger partial charge in [-0.2, -0.15) is 5.21 Å². The molecule has 0 unspecified atom stereocenters. The first-order valence-corrected chi connectivity index (χ1v) is 5.55. The summed E-state index contributed by atoms with van der Waals surface area (Å²) in [5.74, 6) is 0.624. The van der Waals surface area contributed by atoms with Gasteiger partial charge in [-0.3, -0.25) is 0 Å². The summed E-state index contributed by atoms with van der Waals surface area (Å²) in [4.78, 5) is 4.43. The van der Waals surface area contributed by atoms with Gasteiger partial charge in [0.2, 0.25) is 0 Å². The van der Waals surface area contributed by atoms with E-state index >= 15 is 0 Å². The maximum Gasteiger partial charge on any atom is 0.193 e. The first kappa shape index (κ1) is 9.22. The van der Waals surface area contributed by atoms with Crippen molar-refractivity contribution in [2.45, 2.75) is 6.54 Å². The van der Waals surface area contributed by atoms with Crippen molar-refractivity contribution in [3.63, 3.8) is 0 Å². The molecule has 2 N–H and O–H groups in total. The second-order valence-electron chi connectivity index (χ2n) is 3.17. The largest absolute Gasteiger partial charge is 0.354 e. The normalized spacial score (nSPS) is 10.8. The van der Waals surface area contributed by atoms with Gasteiger partial charge in [-0.25, -0.2) is 4.98 Å². The fraction of sp³-hybridized carbons (Fsp3) is 0.111. The molecule has 7 heteroatoms. The lowest BCUT2D eigenvalue weighted by Gasteiger charge is -1.95. The summed E-state index contributed by atoms with van der Waals surface area (Å²) in [5, 5.41) is 17.6. The van der Waals surface area contributed by atoms with Gasteiger partial charge in [-0.15, -0.1) is 10.2 Å². The number of nitrogens with one attached hydrogen (secondary N) is 2. The van der Waals surface area contributed by atoms with Crippen molar-refractivity contribution in [2.24, 2.45) is 0 Å². The lowest BCUT2D eigenvalue weighted by Crippen LogP contribution is -2.00. The molecule has 1 aromatic carbocycles. The third kappa shape index (κ3) is 1.72. The first-order chi connectivity index (χ1) is 7.92. The van der Waals surface area contributed by atoms with Crippen molar-refractivity contribution in [2.75, 3.05) is 5.32 Å². The van der Waals surface area contributed by atoms with Gasteiger partial charge in [-0.1, -0.05) is 28.7 Å². The molecule has 16 heavy (non-hydrogen) atoms. The van der Waals surface area contributed by atoms with Crippen LogP contribution in [0.15, 0.2) is 24.3 Å². The predicted octanol–water partition coefficient (Wildman–Crippen LogP) is 1.42. The highest BCUT2D eigenvalue weighted by Gasteiger charge is 2.03. The second kappa shape index (κ2) is 3.86. The number of rotatable bonds is 3. The minimum absolute atomic E-state index is 0.524. The molecule has 3 aromatic rings. The molecule has 6 nitrogen and oxygen atoms in total. The Kier molecular flexibility index (Phi) is 2.22. The smallest absolute Gasteiger partial charge is 0.193 e. The van der Waals surface area contributed by atoms with Crippen LogP contribution in [0.3, 0.4) is 0 Å². The molecule has 2 aromatic heterocycles. The van der Waals surface area contributed by atoms with Crippen molar-refractivity contribution in [1.29, 1.82) is 0 Å². The lowest BCUT2D eigenvalue weighted by molar-refractivity contribution is 0.881. The average molecular weight is 232 g/mol. The molecule has 0 atom stereocenters. The molecule has 0 radical (unpaired) electrons. The fourth-order valence-electron chi connectivity index (χ4n) is 1.36. The third-order valence-corrected chi connectivity index (χ3v) is 3.07. The number of hydrogen-bond donors (Lipinski definition) is 2. The van der Waals surface area contributed by atoms with Crippen molar-refractivity contribution in [3.8, 4) is 0 Å². The summed E-state index contributed by atoms with van der Waals surface area (Å²) >= 11 is 1.61. The van der Waals surface area contributed by atoms with Crippen LogP contribution in [0.5, 0.6) is 0 Å². The zero-order valence-electron chi connectivity index (χ0n) is 8.21. The number of aromatic amines is 1. The zero-order chi connectivity index (χ0) is 10.8. The standard InChI is InChI=1S/C9H8N6S/c1-2-4-7-6(3-1)11-9(16-7)10-5-8-12-14-15-13-8/h1-4H,5H2,(H,10,11)(H,12,13,14,15). The maximum atomic E-state index is 4.43. The van der Waals surface area contributed by atoms with Crippen molar-refractivity contribution < 1.29 is 0 Å². The molecule has 0 amide bonds. The van der Waals surface area contributed by atoms with E-state index in [1.165, 1.54) is 0 Å². The van der Waals surface area contributed by atoms with Gasteiger partial charge in [-0.05, 0) is 12.1 Å². The number of tetrazole rings is 1. The van der Waals surface area contributed by atoms with E-state index in [-0.39, 0.29) is 0 Å². The van der Waals surface area contributed by atoms with E-state index in [0.717, 1.165) is 15.3 Å². The van der Waals surface area contributed by atoms with Crippen LogP contribution in [0, 0.1) is 0 Å². The molecule has 0 bridgehead atoms. The Morgan fingerprint density at radius 3 is 3.06 bits per heavy atom. The minimum Gasteiger partial charge on any atom is -0.354 e. The van der Waals surface area contributed by atoms with Gasteiger partial charge in [0.15, 0.2) is 11.0 Å². The number of H-pyrrole nitrogens is 1. The fourth-order valence-corrected chi connectivity index (χ4v) is 2.22. The molecule has 0 aliphatic heterocycles. The quantitative estimate of drug-likeness (QED) is 0.714.